The minimum Gasteiger partial charge on any atom is -0.342 e. The molecule has 0 bridgehead atoms. The van der Waals surface area contributed by atoms with Crippen molar-refractivity contribution in [3.8, 4) is 0 Å². The van der Waals surface area contributed by atoms with Crippen LogP contribution in [0.1, 0.15) is 51.5 Å². The van der Waals surface area contributed by atoms with Gasteiger partial charge >= 0.3 is 0 Å². The molecule has 0 N–H and O–H groups in total. The Hall–Kier alpha value is -1.91. The van der Waals surface area contributed by atoms with Crippen LogP contribution in [0.4, 0.5) is 4.39 Å². The van der Waals surface area contributed by atoms with Crippen molar-refractivity contribution < 1.29 is 14.0 Å². The zero-order valence-electron chi connectivity index (χ0n) is 16.0. The Balaban J connectivity index is 1.81. The second kappa shape index (κ2) is 7.37. The van der Waals surface area contributed by atoms with Gasteiger partial charge in [-0.1, -0.05) is 32.9 Å². The van der Waals surface area contributed by atoms with Crippen molar-refractivity contribution in [3.05, 3.63) is 35.6 Å². The number of carbonyl (C=O) groups is 2. The highest BCUT2D eigenvalue weighted by molar-refractivity contribution is 5.83. The molecule has 4 nitrogen and oxygen atoms in total. The van der Waals surface area contributed by atoms with Crippen molar-refractivity contribution in [3.63, 3.8) is 0 Å². The van der Waals surface area contributed by atoms with Crippen LogP contribution in [0, 0.1) is 17.2 Å². The van der Waals surface area contributed by atoms with Gasteiger partial charge in [-0.2, -0.15) is 0 Å². The number of rotatable bonds is 3. The molecule has 5 heteroatoms. The summed E-state index contributed by atoms with van der Waals surface area (Å²) in [5.74, 6) is -0.339. The first-order chi connectivity index (χ1) is 12.2. The molecule has 2 fully saturated rings. The fourth-order valence-corrected chi connectivity index (χ4v) is 4.04. The Morgan fingerprint density at radius 1 is 1.04 bits per heavy atom. The number of amides is 2. The number of halogens is 1. The van der Waals surface area contributed by atoms with Crippen molar-refractivity contribution in [2.45, 2.75) is 46.0 Å². The fraction of sp³-hybridized carbons (Fsp3) is 0.619. The standard InChI is InChI=1S/C21H29FN2O2/c1-21(2,3)12-19(25)24-13-17(15-6-8-16(22)9-7-15)18(14-24)20(26)23-10-4-5-11-23/h6-9,17-18H,4-5,10-14H2,1-3H3/t17-,18-/m1/s1. The molecule has 1 aromatic carbocycles. The molecule has 0 saturated carbocycles. The number of nitrogens with zero attached hydrogens (tertiary/aromatic N) is 2. The third-order valence-electron chi connectivity index (χ3n) is 5.39. The molecule has 26 heavy (non-hydrogen) atoms. The molecule has 3 rings (SSSR count). The summed E-state index contributed by atoms with van der Waals surface area (Å²) in [7, 11) is 0. The van der Waals surface area contributed by atoms with Gasteiger partial charge in [0.05, 0.1) is 5.92 Å². The van der Waals surface area contributed by atoms with Gasteiger partial charge in [0.15, 0.2) is 0 Å². The Morgan fingerprint density at radius 3 is 2.23 bits per heavy atom. The number of carbonyl (C=O) groups excluding carboxylic acids is 2. The first kappa shape index (κ1) is 18.9. The van der Waals surface area contributed by atoms with Crippen LogP contribution in [0.25, 0.3) is 0 Å². The van der Waals surface area contributed by atoms with E-state index in [2.05, 4.69) is 0 Å². The first-order valence-electron chi connectivity index (χ1n) is 9.57. The van der Waals surface area contributed by atoms with Gasteiger partial charge in [0, 0.05) is 38.5 Å². The SMILES string of the molecule is CC(C)(C)CC(=O)N1C[C@H](c2ccc(F)cc2)[C@H](C(=O)N2CCCC2)C1. The van der Waals surface area contributed by atoms with E-state index >= 15 is 0 Å². The molecule has 0 radical (unpaired) electrons. The van der Waals surface area contributed by atoms with E-state index in [4.69, 9.17) is 0 Å². The van der Waals surface area contributed by atoms with Gasteiger partial charge in [0.25, 0.3) is 0 Å². The summed E-state index contributed by atoms with van der Waals surface area (Å²) >= 11 is 0. The van der Waals surface area contributed by atoms with Crippen LogP contribution in [0.5, 0.6) is 0 Å². The lowest BCUT2D eigenvalue weighted by molar-refractivity contribution is -0.135. The highest BCUT2D eigenvalue weighted by atomic mass is 19.1. The Labute approximate surface area is 155 Å². The topological polar surface area (TPSA) is 40.6 Å². The maximum absolute atomic E-state index is 13.3. The zero-order valence-corrected chi connectivity index (χ0v) is 16.0. The number of hydrogen-bond donors (Lipinski definition) is 0. The van der Waals surface area contributed by atoms with Crippen LogP contribution < -0.4 is 0 Å². The molecule has 142 valence electrons. The smallest absolute Gasteiger partial charge is 0.228 e. The van der Waals surface area contributed by atoms with Crippen LogP contribution in [0.3, 0.4) is 0 Å². The predicted molar refractivity (Wildman–Crippen MR) is 99.1 cm³/mol. The van der Waals surface area contributed by atoms with E-state index in [0.717, 1.165) is 31.5 Å². The maximum atomic E-state index is 13.3. The van der Waals surface area contributed by atoms with Crippen LogP contribution >= 0.6 is 0 Å². The minimum atomic E-state index is -0.283. The van der Waals surface area contributed by atoms with E-state index in [0.29, 0.717) is 19.5 Å². The third-order valence-corrected chi connectivity index (χ3v) is 5.39. The van der Waals surface area contributed by atoms with Crippen LogP contribution in [0.2, 0.25) is 0 Å². The monoisotopic (exact) mass is 360 g/mol. The summed E-state index contributed by atoms with van der Waals surface area (Å²) in [5, 5.41) is 0. The van der Waals surface area contributed by atoms with Crippen molar-refractivity contribution >= 4 is 11.8 Å². The molecule has 2 saturated heterocycles. The van der Waals surface area contributed by atoms with Gasteiger partial charge in [-0.3, -0.25) is 9.59 Å². The molecular weight excluding hydrogens is 331 g/mol. The summed E-state index contributed by atoms with van der Waals surface area (Å²) < 4.78 is 13.3. The van der Waals surface area contributed by atoms with E-state index < -0.39 is 0 Å². The van der Waals surface area contributed by atoms with Crippen molar-refractivity contribution in [1.82, 2.24) is 9.80 Å². The summed E-state index contributed by atoms with van der Waals surface area (Å²) in [6, 6.07) is 6.38. The van der Waals surface area contributed by atoms with Gasteiger partial charge < -0.3 is 9.80 Å². The Bertz CT molecular complexity index is 660. The molecule has 0 unspecified atom stereocenters. The summed E-state index contributed by atoms with van der Waals surface area (Å²) in [4.78, 5) is 29.5. The minimum absolute atomic E-state index is 0.0624. The second-order valence-electron chi connectivity index (χ2n) is 8.83. The molecule has 0 spiro atoms. The Kier molecular flexibility index (Phi) is 5.35. The molecular formula is C21H29FN2O2. The van der Waals surface area contributed by atoms with Crippen LogP contribution in [0.15, 0.2) is 24.3 Å². The average Bonchev–Trinajstić information content (AvgIpc) is 3.23. The van der Waals surface area contributed by atoms with Crippen molar-refractivity contribution in [1.29, 1.82) is 0 Å². The Morgan fingerprint density at radius 2 is 1.65 bits per heavy atom. The molecule has 0 aromatic heterocycles. The second-order valence-corrected chi connectivity index (χ2v) is 8.83. The summed E-state index contributed by atoms with van der Waals surface area (Å²) in [6.07, 6.45) is 2.56. The predicted octanol–water partition coefficient (Wildman–Crippen LogP) is 3.43. The van der Waals surface area contributed by atoms with Crippen LogP contribution in [-0.4, -0.2) is 47.8 Å². The molecule has 2 atom stereocenters. The normalized spacial score (nSPS) is 23.5. The van der Waals surface area contributed by atoms with E-state index in [-0.39, 0.29) is 34.9 Å². The number of likely N-dealkylation sites (tertiary alicyclic amines) is 2. The quantitative estimate of drug-likeness (QED) is 0.829. The van der Waals surface area contributed by atoms with Gasteiger partial charge in [-0.05, 0) is 36.0 Å². The summed E-state index contributed by atoms with van der Waals surface area (Å²) in [5.41, 5.74) is 0.856. The lowest BCUT2D eigenvalue weighted by atomic mass is 9.88. The molecule has 2 aliphatic heterocycles. The van der Waals surface area contributed by atoms with E-state index in [1.54, 1.807) is 12.1 Å². The van der Waals surface area contributed by atoms with E-state index in [1.165, 1.54) is 12.1 Å². The maximum Gasteiger partial charge on any atom is 0.228 e. The van der Waals surface area contributed by atoms with Crippen molar-refractivity contribution in [2.24, 2.45) is 11.3 Å². The van der Waals surface area contributed by atoms with Crippen molar-refractivity contribution in [2.75, 3.05) is 26.2 Å². The van der Waals surface area contributed by atoms with Gasteiger partial charge in [0.2, 0.25) is 11.8 Å². The largest absolute Gasteiger partial charge is 0.342 e. The lowest BCUT2D eigenvalue weighted by Crippen LogP contribution is -2.38. The molecule has 2 aliphatic rings. The van der Waals surface area contributed by atoms with Crippen LogP contribution in [-0.2, 0) is 9.59 Å². The molecule has 1 aromatic rings. The highest BCUT2D eigenvalue weighted by Crippen LogP contribution is 2.36. The van der Waals surface area contributed by atoms with E-state index in [9.17, 15) is 14.0 Å². The molecule has 2 heterocycles. The van der Waals surface area contributed by atoms with Gasteiger partial charge in [-0.15, -0.1) is 0 Å². The molecule has 0 aliphatic carbocycles. The van der Waals surface area contributed by atoms with E-state index in [1.807, 2.05) is 30.6 Å². The summed E-state index contributed by atoms with van der Waals surface area (Å²) in [6.45, 7) is 8.75. The highest BCUT2D eigenvalue weighted by Gasteiger charge is 2.42. The fourth-order valence-electron chi connectivity index (χ4n) is 4.04. The first-order valence-corrected chi connectivity index (χ1v) is 9.57. The third kappa shape index (κ3) is 4.25. The average molecular weight is 360 g/mol. The number of hydrogen-bond acceptors (Lipinski definition) is 2. The number of benzene rings is 1. The lowest BCUT2D eigenvalue weighted by Gasteiger charge is -2.24. The molecule has 2 amide bonds. The van der Waals surface area contributed by atoms with Gasteiger partial charge in [-0.25, -0.2) is 4.39 Å². The van der Waals surface area contributed by atoms with Gasteiger partial charge in [0.1, 0.15) is 5.82 Å². The zero-order chi connectivity index (χ0) is 18.9.